The van der Waals surface area contributed by atoms with Gasteiger partial charge in [0.15, 0.2) is 0 Å². The van der Waals surface area contributed by atoms with Crippen molar-refractivity contribution < 1.29 is 14.4 Å². The fourth-order valence-electron chi connectivity index (χ4n) is 7.43. The van der Waals surface area contributed by atoms with E-state index in [4.69, 9.17) is 21.2 Å². The SMILES string of the molecule is COc1ccc2c(c1)CC[C@@H]1[C@@H]2CC[C@]2(C)[C@@H]3N(c4ccc(Cl)cc4)C(=O)ON3[C@@H](CBr)C[C@@H]12. The van der Waals surface area contributed by atoms with Gasteiger partial charge >= 0.3 is 6.09 Å². The Hall–Kier alpha value is -1.76. The Morgan fingerprint density at radius 1 is 1.21 bits per heavy atom. The van der Waals surface area contributed by atoms with Crippen LogP contribution in [0.25, 0.3) is 0 Å². The Morgan fingerprint density at radius 3 is 2.74 bits per heavy atom. The van der Waals surface area contributed by atoms with E-state index in [0.717, 1.165) is 42.5 Å². The highest BCUT2D eigenvalue weighted by atomic mass is 79.9. The summed E-state index contributed by atoms with van der Waals surface area (Å²) < 4.78 is 5.50. The van der Waals surface area contributed by atoms with Crippen molar-refractivity contribution in [3.8, 4) is 5.75 Å². The van der Waals surface area contributed by atoms with Crippen LogP contribution in [0, 0.1) is 17.3 Å². The summed E-state index contributed by atoms with van der Waals surface area (Å²) in [6, 6.07) is 14.4. The lowest BCUT2D eigenvalue weighted by atomic mass is 9.51. The average Bonchev–Trinajstić information content (AvgIpc) is 3.21. The molecule has 0 N–H and O–H groups in total. The minimum atomic E-state index is -0.289. The second-order valence-electron chi connectivity index (χ2n) is 10.5. The molecule has 7 heteroatoms. The second kappa shape index (κ2) is 8.42. The van der Waals surface area contributed by atoms with E-state index in [1.54, 1.807) is 7.11 Å². The lowest BCUT2D eigenvalue weighted by Gasteiger charge is -2.59. The molecule has 2 aromatic carbocycles. The topological polar surface area (TPSA) is 42.0 Å². The molecule has 6 rings (SSSR count). The standard InChI is InChI=1S/C27H30BrClN2O3/c1-27-12-11-22-21-10-8-20(33-2)13-16(21)3-9-23(22)24(27)14-19(15-28)31-25(27)30(26(32)34-31)18-6-4-17(29)5-7-18/h4-8,10,13,19,22-25H,3,9,11-12,14-15H2,1-2H3/t19-,22-,23-,24+,25-,27+/m1/s1. The van der Waals surface area contributed by atoms with E-state index in [2.05, 4.69) is 41.1 Å². The van der Waals surface area contributed by atoms with Crippen LogP contribution in [0.4, 0.5) is 10.5 Å². The van der Waals surface area contributed by atoms with Crippen LogP contribution >= 0.6 is 27.5 Å². The molecule has 1 saturated carbocycles. The third kappa shape index (κ3) is 3.32. The van der Waals surface area contributed by atoms with E-state index in [1.165, 1.54) is 17.5 Å². The number of ether oxygens (including phenoxy) is 1. The number of fused-ring (bicyclic) bond motifs is 7. The Labute approximate surface area is 214 Å². The molecule has 2 heterocycles. The number of halogens is 2. The summed E-state index contributed by atoms with van der Waals surface area (Å²) in [7, 11) is 1.74. The number of piperidine rings is 1. The van der Waals surface area contributed by atoms with E-state index in [1.807, 2.05) is 34.2 Å². The molecule has 0 radical (unpaired) electrons. The monoisotopic (exact) mass is 544 g/mol. The fraction of sp³-hybridized carbons (Fsp3) is 0.519. The van der Waals surface area contributed by atoms with Gasteiger partial charge in [-0.25, -0.2) is 4.79 Å². The molecule has 6 atom stereocenters. The molecule has 3 fully saturated rings. The highest BCUT2D eigenvalue weighted by Crippen LogP contribution is 2.62. The van der Waals surface area contributed by atoms with Crippen molar-refractivity contribution in [2.24, 2.45) is 17.3 Å². The van der Waals surface area contributed by atoms with Crippen LogP contribution in [0.1, 0.15) is 49.7 Å². The van der Waals surface area contributed by atoms with Crippen LogP contribution in [0.5, 0.6) is 5.75 Å². The van der Waals surface area contributed by atoms with Gasteiger partial charge in [0.05, 0.1) is 13.2 Å². The number of nitrogens with zero attached hydrogens (tertiary/aromatic N) is 2. The number of benzene rings is 2. The van der Waals surface area contributed by atoms with Gasteiger partial charge in [0.25, 0.3) is 0 Å². The molecule has 5 nitrogen and oxygen atoms in total. The van der Waals surface area contributed by atoms with Gasteiger partial charge in [-0.1, -0.05) is 40.5 Å². The van der Waals surface area contributed by atoms with Crippen molar-refractivity contribution in [1.29, 1.82) is 0 Å². The van der Waals surface area contributed by atoms with Gasteiger partial charge in [0.2, 0.25) is 0 Å². The first-order valence-electron chi connectivity index (χ1n) is 12.2. The molecule has 2 aliphatic carbocycles. The molecule has 180 valence electrons. The number of methoxy groups -OCH3 is 1. The molecule has 2 aromatic rings. The molecule has 0 unspecified atom stereocenters. The summed E-state index contributed by atoms with van der Waals surface area (Å²) in [5.74, 6) is 2.63. The van der Waals surface area contributed by atoms with Gasteiger partial charge in [0.1, 0.15) is 11.9 Å². The minimum Gasteiger partial charge on any atom is -0.497 e. The fourth-order valence-corrected chi connectivity index (χ4v) is 8.11. The van der Waals surface area contributed by atoms with E-state index >= 15 is 0 Å². The third-order valence-corrected chi connectivity index (χ3v) is 10.00. The summed E-state index contributed by atoms with van der Waals surface area (Å²) in [4.78, 5) is 21.0. The first-order valence-corrected chi connectivity index (χ1v) is 13.7. The summed E-state index contributed by atoms with van der Waals surface area (Å²) in [6.07, 6.45) is 5.08. The Morgan fingerprint density at radius 2 is 2.00 bits per heavy atom. The first-order chi connectivity index (χ1) is 16.4. The van der Waals surface area contributed by atoms with Crippen molar-refractivity contribution in [3.05, 3.63) is 58.6 Å². The molecule has 0 aromatic heterocycles. The van der Waals surface area contributed by atoms with E-state index in [9.17, 15) is 4.79 Å². The van der Waals surface area contributed by atoms with Gasteiger partial charge < -0.3 is 9.57 Å². The average molecular weight is 546 g/mol. The van der Waals surface area contributed by atoms with Crippen LogP contribution in [-0.4, -0.2) is 35.8 Å². The lowest BCUT2D eigenvalue weighted by molar-refractivity contribution is -0.205. The summed E-state index contributed by atoms with van der Waals surface area (Å²) >= 11 is 9.89. The number of alkyl halides is 1. The zero-order valence-electron chi connectivity index (χ0n) is 19.5. The van der Waals surface area contributed by atoms with Gasteiger partial charge in [-0.2, -0.15) is 0 Å². The number of hydrogen-bond acceptors (Lipinski definition) is 4. The van der Waals surface area contributed by atoms with Crippen molar-refractivity contribution in [2.75, 3.05) is 17.3 Å². The Kier molecular flexibility index (Phi) is 5.62. The van der Waals surface area contributed by atoms with Gasteiger partial charge in [-0.15, -0.1) is 5.06 Å². The highest BCUT2D eigenvalue weighted by Gasteiger charge is 2.63. The molecule has 1 amide bonds. The zero-order valence-corrected chi connectivity index (χ0v) is 21.9. The Balaban J connectivity index is 1.39. The Bertz CT molecular complexity index is 1110. The largest absolute Gasteiger partial charge is 0.497 e. The predicted molar refractivity (Wildman–Crippen MR) is 137 cm³/mol. The molecule has 0 bridgehead atoms. The van der Waals surface area contributed by atoms with E-state index in [-0.39, 0.29) is 23.7 Å². The number of hydroxylamine groups is 2. The van der Waals surface area contributed by atoms with Crippen LogP contribution in [-0.2, 0) is 11.3 Å². The second-order valence-corrected chi connectivity index (χ2v) is 11.6. The van der Waals surface area contributed by atoms with Crippen molar-refractivity contribution >= 4 is 39.3 Å². The number of carbonyl (C=O) groups is 1. The predicted octanol–water partition coefficient (Wildman–Crippen LogP) is 6.78. The van der Waals surface area contributed by atoms with Crippen LogP contribution in [0.2, 0.25) is 5.02 Å². The maximum absolute atomic E-state index is 13.2. The van der Waals surface area contributed by atoms with Gasteiger partial charge in [-0.05, 0) is 97.4 Å². The quantitative estimate of drug-likeness (QED) is 0.399. The normalized spacial score (nSPS) is 34.5. The van der Waals surface area contributed by atoms with Crippen LogP contribution in [0.15, 0.2) is 42.5 Å². The number of aryl methyl sites for hydroxylation is 1. The number of amides is 1. The number of hydrogen-bond donors (Lipinski definition) is 0. The minimum absolute atomic E-state index is 0.0599. The highest BCUT2D eigenvalue weighted by molar-refractivity contribution is 9.09. The summed E-state index contributed by atoms with van der Waals surface area (Å²) in [6.45, 7) is 2.39. The molecular formula is C27H30BrClN2O3. The summed E-state index contributed by atoms with van der Waals surface area (Å²) in [5.41, 5.74) is 3.74. The zero-order chi connectivity index (χ0) is 23.6. The maximum Gasteiger partial charge on any atom is 0.435 e. The smallest absolute Gasteiger partial charge is 0.435 e. The van der Waals surface area contributed by atoms with E-state index < -0.39 is 0 Å². The maximum atomic E-state index is 13.2. The molecule has 4 aliphatic rings. The molecule has 2 aliphatic heterocycles. The first kappa shape index (κ1) is 22.7. The number of rotatable bonds is 3. The molecule has 0 spiro atoms. The van der Waals surface area contributed by atoms with Crippen LogP contribution in [0.3, 0.4) is 0 Å². The third-order valence-electron chi connectivity index (χ3n) is 9.00. The van der Waals surface area contributed by atoms with Gasteiger partial charge in [-0.3, -0.25) is 4.90 Å². The van der Waals surface area contributed by atoms with Crippen LogP contribution < -0.4 is 9.64 Å². The molecule has 2 saturated heterocycles. The van der Waals surface area contributed by atoms with Gasteiger partial charge in [0, 0.05) is 21.5 Å². The van der Waals surface area contributed by atoms with E-state index in [0.29, 0.717) is 22.8 Å². The molecular weight excluding hydrogens is 516 g/mol. The van der Waals surface area contributed by atoms with Crippen molar-refractivity contribution in [2.45, 2.75) is 57.2 Å². The number of carbonyl (C=O) groups excluding carboxylic acids is 1. The number of anilines is 1. The lowest BCUT2D eigenvalue weighted by Crippen LogP contribution is -2.64. The summed E-state index contributed by atoms with van der Waals surface area (Å²) in [5, 5.41) is 3.44. The van der Waals surface area contributed by atoms with Crippen molar-refractivity contribution in [1.82, 2.24) is 5.06 Å². The van der Waals surface area contributed by atoms with Crippen molar-refractivity contribution in [3.63, 3.8) is 0 Å². The molecule has 34 heavy (non-hydrogen) atoms.